The number of aryl methyl sites for hydroxylation is 1. The van der Waals surface area contributed by atoms with Crippen LogP contribution in [0.2, 0.25) is 0 Å². The summed E-state index contributed by atoms with van der Waals surface area (Å²) in [7, 11) is 3.20. The number of carbonyl (C=O) groups is 1. The fourth-order valence-electron chi connectivity index (χ4n) is 4.65. The lowest BCUT2D eigenvalue weighted by Crippen LogP contribution is -2.40. The van der Waals surface area contributed by atoms with Gasteiger partial charge in [-0.25, -0.2) is 9.79 Å². The first-order valence-corrected chi connectivity index (χ1v) is 13.3. The Labute approximate surface area is 229 Å². The highest BCUT2D eigenvalue weighted by Crippen LogP contribution is 2.36. The Balaban J connectivity index is 1.82. The standard InChI is InChI=1S/C31H28N2O5S/c1-5-38-30(35)26-27(21-10-7-6-8-11-21)32-31-33(28(26)22-12-9-13-23(18-22)36-3)29(34)25(39-31)17-20-15-14-19(2)24(16-20)37-4/h6-18,28H,5H2,1-4H3/b25-17-/t28-/m0/s1. The number of ether oxygens (including phenoxy) is 3. The van der Waals surface area contributed by atoms with Crippen LogP contribution >= 0.6 is 11.3 Å². The molecule has 0 unspecified atom stereocenters. The van der Waals surface area contributed by atoms with Gasteiger partial charge in [0.25, 0.3) is 5.56 Å². The highest BCUT2D eigenvalue weighted by Gasteiger charge is 2.35. The number of aromatic nitrogens is 1. The molecule has 0 amide bonds. The normalized spacial score (nSPS) is 15.0. The van der Waals surface area contributed by atoms with Crippen molar-refractivity contribution in [2.24, 2.45) is 4.99 Å². The third-order valence-electron chi connectivity index (χ3n) is 6.51. The van der Waals surface area contributed by atoms with E-state index < -0.39 is 12.0 Å². The Hall–Kier alpha value is -4.43. The largest absolute Gasteiger partial charge is 0.497 e. The quantitative estimate of drug-likeness (QED) is 0.328. The first-order chi connectivity index (χ1) is 18.9. The Kier molecular flexibility index (Phi) is 7.47. The van der Waals surface area contributed by atoms with E-state index in [-0.39, 0.29) is 12.2 Å². The topological polar surface area (TPSA) is 79.1 Å². The van der Waals surface area contributed by atoms with Crippen LogP contribution in [0.5, 0.6) is 11.5 Å². The summed E-state index contributed by atoms with van der Waals surface area (Å²) in [5.41, 5.74) is 3.83. The highest BCUT2D eigenvalue weighted by atomic mass is 32.1. The maximum atomic E-state index is 14.0. The zero-order valence-electron chi connectivity index (χ0n) is 22.1. The molecular weight excluding hydrogens is 512 g/mol. The predicted octanol–water partition coefficient (Wildman–Crippen LogP) is 4.26. The van der Waals surface area contributed by atoms with E-state index in [9.17, 15) is 9.59 Å². The van der Waals surface area contributed by atoms with Crippen LogP contribution in [-0.4, -0.2) is 31.4 Å². The summed E-state index contributed by atoms with van der Waals surface area (Å²) < 4.78 is 18.5. The molecule has 1 atom stereocenters. The van der Waals surface area contributed by atoms with Gasteiger partial charge in [-0.15, -0.1) is 0 Å². The summed E-state index contributed by atoms with van der Waals surface area (Å²) >= 11 is 1.28. The first-order valence-electron chi connectivity index (χ1n) is 12.5. The van der Waals surface area contributed by atoms with Crippen LogP contribution in [0.25, 0.3) is 11.8 Å². The summed E-state index contributed by atoms with van der Waals surface area (Å²) in [5, 5.41) is 0. The van der Waals surface area contributed by atoms with Gasteiger partial charge in [0.1, 0.15) is 11.5 Å². The molecule has 0 bridgehead atoms. The van der Waals surface area contributed by atoms with Gasteiger partial charge in [0.2, 0.25) is 0 Å². The fourth-order valence-corrected chi connectivity index (χ4v) is 5.65. The van der Waals surface area contributed by atoms with E-state index in [4.69, 9.17) is 19.2 Å². The summed E-state index contributed by atoms with van der Waals surface area (Å²) in [6, 6.07) is 21.9. The molecule has 0 fully saturated rings. The van der Waals surface area contributed by atoms with Gasteiger partial charge in [0.15, 0.2) is 4.80 Å². The molecule has 7 nitrogen and oxygen atoms in total. The van der Waals surface area contributed by atoms with Gasteiger partial charge in [0, 0.05) is 5.56 Å². The van der Waals surface area contributed by atoms with Crippen molar-refractivity contribution in [3.63, 3.8) is 0 Å². The van der Waals surface area contributed by atoms with E-state index in [1.54, 1.807) is 25.7 Å². The SMILES string of the molecule is CCOC(=O)C1=C(c2ccccc2)N=c2s/c(=C\c3ccc(C)c(OC)c3)c(=O)n2[C@H]1c1cccc(OC)c1. The minimum Gasteiger partial charge on any atom is -0.497 e. The Morgan fingerprint density at radius 3 is 2.54 bits per heavy atom. The molecule has 1 aromatic heterocycles. The lowest BCUT2D eigenvalue weighted by Gasteiger charge is -2.26. The second-order valence-electron chi connectivity index (χ2n) is 8.94. The van der Waals surface area contributed by atoms with E-state index in [1.807, 2.05) is 85.8 Å². The fraction of sp³-hybridized carbons (Fsp3) is 0.194. The average Bonchev–Trinajstić information content (AvgIpc) is 3.27. The van der Waals surface area contributed by atoms with Crippen molar-refractivity contribution in [2.45, 2.75) is 19.9 Å². The number of nitrogens with zero attached hydrogens (tertiary/aromatic N) is 2. The van der Waals surface area contributed by atoms with Crippen LogP contribution in [0, 0.1) is 6.92 Å². The second kappa shape index (κ2) is 11.1. The number of fused-ring (bicyclic) bond motifs is 1. The van der Waals surface area contributed by atoms with Crippen LogP contribution in [0.1, 0.15) is 35.2 Å². The van der Waals surface area contributed by atoms with E-state index in [0.29, 0.717) is 31.9 Å². The van der Waals surface area contributed by atoms with Crippen LogP contribution in [0.15, 0.2) is 88.2 Å². The Morgan fingerprint density at radius 1 is 1.03 bits per heavy atom. The zero-order valence-corrected chi connectivity index (χ0v) is 23.0. The summed E-state index contributed by atoms with van der Waals surface area (Å²) in [6.07, 6.45) is 1.82. The molecule has 8 heteroatoms. The van der Waals surface area contributed by atoms with Gasteiger partial charge in [-0.2, -0.15) is 0 Å². The molecule has 0 saturated heterocycles. The van der Waals surface area contributed by atoms with Crippen LogP contribution in [0.4, 0.5) is 0 Å². The third kappa shape index (κ3) is 5.03. The number of esters is 1. The van der Waals surface area contributed by atoms with Crippen molar-refractivity contribution in [1.82, 2.24) is 4.57 Å². The lowest BCUT2D eigenvalue weighted by atomic mass is 9.93. The molecule has 0 N–H and O–H groups in total. The summed E-state index contributed by atoms with van der Waals surface area (Å²) in [4.78, 5) is 32.9. The second-order valence-corrected chi connectivity index (χ2v) is 9.95. The van der Waals surface area contributed by atoms with Gasteiger partial charge in [-0.3, -0.25) is 9.36 Å². The molecule has 0 saturated carbocycles. The van der Waals surface area contributed by atoms with E-state index in [2.05, 4.69) is 0 Å². The van der Waals surface area contributed by atoms with Crippen molar-refractivity contribution >= 4 is 29.1 Å². The monoisotopic (exact) mass is 540 g/mol. The predicted molar refractivity (Wildman–Crippen MR) is 152 cm³/mol. The van der Waals surface area contributed by atoms with E-state index in [0.717, 1.165) is 22.4 Å². The Morgan fingerprint density at radius 2 is 1.82 bits per heavy atom. The molecule has 0 aliphatic carbocycles. The smallest absolute Gasteiger partial charge is 0.338 e. The number of methoxy groups -OCH3 is 2. The van der Waals surface area contributed by atoms with Gasteiger partial charge >= 0.3 is 5.97 Å². The van der Waals surface area contributed by atoms with Gasteiger partial charge in [-0.05, 0) is 54.8 Å². The Bertz CT molecular complexity index is 1750. The average molecular weight is 541 g/mol. The van der Waals surface area contributed by atoms with Crippen molar-refractivity contribution in [3.8, 4) is 11.5 Å². The molecular formula is C31H28N2O5S. The molecule has 3 aromatic carbocycles. The molecule has 1 aliphatic heterocycles. The summed E-state index contributed by atoms with van der Waals surface area (Å²) in [5.74, 6) is 0.829. The number of carbonyl (C=O) groups excluding carboxylic acids is 1. The van der Waals surface area contributed by atoms with Gasteiger partial charge in [0.05, 0.1) is 42.7 Å². The zero-order chi connectivity index (χ0) is 27.5. The van der Waals surface area contributed by atoms with Crippen molar-refractivity contribution < 1.29 is 19.0 Å². The maximum Gasteiger partial charge on any atom is 0.338 e. The van der Waals surface area contributed by atoms with Crippen LogP contribution in [-0.2, 0) is 9.53 Å². The molecule has 1 aliphatic rings. The molecule has 0 radical (unpaired) electrons. The van der Waals surface area contributed by atoms with Crippen molar-refractivity contribution in [1.29, 1.82) is 0 Å². The van der Waals surface area contributed by atoms with Gasteiger partial charge in [-0.1, -0.05) is 65.9 Å². The van der Waals surface area contributed by atoms with E-state index in [1.165, 1.54) is 11.3 Å². The minimum absolute atomic E-state index is 0.189. The lowest BCUT2D eigenvalue weighted by molar-refractivity contribution is -0.138. The summed E-state index contributed by atoms with van der Waals surface area (Å²) in [6.45, 7) is 3.91. The van der Waals surface area contributed by atoms with Crippen molar-refractivity contribution in [3.05, 3.63) is 120 Å². The molecule has 39 heavy (non-hydrogen) atoms. The highest BCUT2D eigenvalue weighted by molar-refractivity contribution is 7.07. The minimum atomic E-state index is -0.764. The number of rotatable bonds is 7. The first kappa shape index (κ1) is 26.2. The molecule has 2 heterocycles. The number of hydrogen-bond donors (Lipinski definition) is 0. The number of thiazole rings is 1. The molecule has 0 spiro atoms. The third-order valence-corrected chi connectivity index (χ3v) is 7.50. The molecule has 198 valence electrons. The van der Waals surface area contributed by atoms with Crippen LogP contribution < -0.4 is 24.4 Å². The molecule has 4 aromatic rings. The van der Waals surface area contributed by atoms with E-state index >= 15 is 0 Å². The van der Waals surface area contributed by atoms with Crippen molar-refractivity contribution in [2.75, 3.05) is 20.8 Å². The number of benzene rings is 3. The number of hydrogen-bond acceptors (Lipinski definition) is 7. The molecule has 5 rings (SSSR count). The maximum absolute atomic E-state index is 14.0. The van der Waals surface area contributed by atoms with Gasteiger partial charge < -0.3 is 14.2 Å². The van der Waals surface area contributed by atoms with Crippen LogP contribution in [0.3, 0.4) is 0 Å².